The van der Waals surface area contributed by atoms with E-state index in [1.807, 2.05) is 33.9 Å². The van der Waals surface area contributed by atoms with Crippen molar-refractivity contribution in [2.24, 2.45) is 0 Å². The number of allylic oxidation sites excluding steroid dienone is 1. The van der Waals surface area contributed by atoms with E-state index in [1.165, 1.54) is 33.0 Å². The zero-order chi connectivity index (χ0) is 18.6. The highest BCUT2D eigenvalue weighted by molar-refractivity contribution is 8.78. The van der Waals surface area contributed by atoms with Crippen LogP contribution in [0.15, 0.2) is 34.2 Å². The second-order valence-electron chi connectivity index (χ2n) is 7.09. The number of hydrogen-bond acceptors (Lipinski definition) is 6. The first-order chi connectivity index (χ1) is 13.3. The minimum absolute atomic E-state index is 0.460. The van der Waals surface area contributed by atoms with E-state index in [4.69, 9.17) is 9.72 Å². The number of methoxy groups -OCH3 is 1. The highest BCUT2D eigenvalue weighted by Gasteiger charge is 2.31. The summed E-state index contributed by atoms with van der Waals surface area (Å²) in [6, 6.07) is 6.81. The normalized spacial score (nSPS) is 19.9. The van der Waals surface area contributed by atoms with Crippen LogP contribution in [0.4, 0.5) is 5.69 Å². The molecule has 0 saturated carbocycles. The lowest BCUT2D eigenvalue weighted by molar-refractivity contribution is 0.181. The Morgan fingerprint density at radius 1 is 1.33 bits per heavy atom. The SMILES string of the molecule is CCCC1=Cc2c(c3ccccnc-3c2N2CCN[C@@H](CCOC)C2)SS1. The van der Waals surface area contributed by atoms with Gasteiger partial charge in [0.25, 0.3) is 0 Å². The van der Waals surface area contributed by atoms with Gasteiger partial charge in [0, 0.05) is 61.6 Å². The monoisotopic (exact) mass is 401 g/mol. The number of anilines is 1. The first-order valence-electron chi connectivity index (χ1n) is 9.75. The van der Waals surface area contributed by atoms with Crippen molar-refractivity contribution in [2.75, 3.05) is 38.3 Å². The molecule has 0 spiro atoms. The van der Waals surface area contributed by atoms with Crippen LogP contribution in [0.1, 0.15) is 31.7 Å². The van der Waals surface area contributed by atoms with Gasteiger partial charge in [-0.2, -0.15) is 0 Å². The number of fused-ring (bicyclic) bond motifs is 3. The summed E-state index contributed by atoms with van der Waals surface area (Å²) in [4.78, 5) is 10.2. The molecule has 1 aliphatic carbocycles. The molecular formula is C21H27N3OS2. The molecule has 0 aromatic rings. The van der Waals surface area contributed by atoms with Crippen molar-refractivity contribution >= 4 is 33.4 Å². The van der Waals surface area contributed by atoms with E-state index in [0.717, 1.165) is 44.8 Å². The molecule has 0 aromatic carbocycles. The highest BCUT2D eigenvalue weighted by atomic mass is 33.1. The van der Waals surface area contributed by atoms with Crippen LogP contribution in [-0.2, 0) is 4.74 Å². The van der Waals surface area contributed by atoms with Crippen LogP contribution in [-0.4, -0.2) is 44.4 Å². The fourth-order valence-corrected chi connectivity index (χ4v) is 6.53. The lowest BCUT2D eigenvalue weighted by Crippen LogP contribution is -2.51. The Hall–Kier alpha value is -1.21. The molecule has 0 unspecified atom stereocenters. The van der Waals surface area contributed by atoms with Crippen LogP contribution in [0.2, 0.25) is 0 Å². The van der Waals surface area contributed by atoms with E-state index in [2.05, 4.69) is 35.3 Å². The third-order valence-electron chi connectivity index (χ3n) is 5.16. The molecule has 1 N–H and O–H groups in total. The van der Waals surface area contributed by atoms with E-state index < -0.39 is 0 Å². The van der Waals surface area contributed by atoms with Crippen molar-refractivity contribution in [3.63, 3.8) is 0 Å². The number of aromatic nitrogens is 1. The summed E-state index contributed by atoms with van der Waals surface area (Å²) in [5, 5.41) is 3.64. The summed E-state index contributed by atoms with van der Waals surface area (Å²) in [5.41, 5.74) is 5.12. The topological polar surface area (TPSA) is 37.4 Å². The second-order valence-corrected chi connectivity index (χ2v) is 9.36. The van der Waals surface area contributed by atoms with E-state index in [0.29, 0.717) is 6.04 Å². The quantitative estimate of drug-likeness (QED) is 0.694. The molecule has 144 valence electrons. The van der Waals surface area contributed by atoms with Gasteiger partial charge in [0.1, 0.15) is 0 Å². The summed E-state index contributed by atoms with van der Waals surface area (Å²) in [6.45, 7) is 6.07. The Balaban J connectivity index is 1.75. The molecule has 0 bridgehead atoms. The molecule has 1 saturated heterocycles. The Bertz CT molecular complexity index is 795. The molecule has 3 heterocycles. The van der Waals surface area contributed by atoms with Gasteiger partial charge in [-0.25, -0.2) is 0 Å². The minimum Gasteiger partial charge on any atom is -0.385 e. The van der Waals surface area contributed by atoms with Crippen molar-refractivity contribution < 1.29 is 4.74 Å². The largest absolute Gasteiger partial charge is 0.385 e. The first kappa shape index (κ1) is 19.1. The highest BCUT2D eigenvalue weighted by Crippen LogP contribution is 2.56. The number of hydrogen-bond donors (Lipinski definition) is 1. The Labute approximate surface area is 169 Å². The van der Waals surface area contributed by atoms with Gasteiger partial charge in [0.05, 0.1) is 11.4 Å². The summed E-state index contributed by atoms with van der Waals surface area (Å²) < 4.78 is 5.30. The maximum atomic E-state index is 5.30. The second kappa shape index (κ2) is 8.86. The van der Waals surface area contributed by atoms with Crippen LogP contribution < -0.4 is 10.2 Å². The number of nitrogens with zero attached hydrogens (tertiary/aromatic N) is 2. The Morgan fingerprint density at radius 3 is 3.11 bits per heavy atom. The molecule has 0 radical (unpaired) electrons. The predicted molar refractivity (Wildman–Crippen MR) is 118 cm³/mol. The minimum atomic E-state index is 0.460. The third kappa shape index (κ3) is 3.99. The molecule has 0 amide bonds. The van der Waals surface area contributed by atoms with Gasteiger partial charge in [-0.3, -0.25) is 4.98 Å². The lowest BCUT2D eigenvalue weighted by Gasteiger charge is -2.36. The van der Waals surface area contributed by atoms with Crippen LogP contribution >= 0.6 is 21.6 Å². The van der Waals surface area contributed by atoms with Crippen LogP contribution in [0.5, 0.6) is 0 Å². The molecular weight excluding hydrogens is 374 g/mol. The molecule has 3 aliphatic heterocycles. The fraction of sp³-hybridized carbons (Fsp3) is 0.476. The molecule has 4 aliphatic rings. The van der Waals surface area contributed by atoms with E-state index in [1.54, 1.807) is 7.11 Å². The lowest BCUT2D eigenvalue weighted by atomic mass is 10.1. The Morgan fingerprint density at radius 2 is 2.26 bits per heavy atom. The van der Waals surface area contributed by atoms with Gasteiger partial charge in [-0.15, -0.1) is 0 Å². The molecule has 1 atom stereocenters. The zero-order valence-corrected chi connectivity index (χ0v) is 17.7. The number of nitrogens with one attached hydrogen (secondary N) is 1. The van der Waals surface area contributed by atoms with Gasteiger partial charge >= 0.3 is 0 Å². The van der Waals surface area contributed by atoms with Gasteiger partial charge in [-0.1, -0.05) is 47.1 Å². The smallest absolute Gasteiger partial charge is 0.0953 e. The van der Waals surface area contributed by atoms with Gasteiger partial charge in [-0.05, 0) is 29.9 Å². The van der Waals surface area contributed by atoms with Crippen LogP contribution in [0.25, 0.3) is 17.3 Å². The maximum Gasteiger partial charge on any atom is 0.0953 e. The number of ether oxygens (including phenoxy) is 1. The molecule has 27 heavy (non-hydrogen) atoms. The molecule has 4 nitrogen and oxygen atoms in total. The van der Waals surface area contributed by atoms with Crippen LogP contribution in [0, 0.1) is 0 Å². The average molecular weight is 402 g/mol. The van der Waals surface area contributed by atoms with E-state index in [9.17, 15) is 0 Å². The predicted octanol–water partition coefficient (Wildman–Crippen LogP) is 4.90. The summed E-state index contributed by atoms with van der Waals surface area (Å²) in [5.74, 6) is 0. The summed E-state index contributed by atoms with van der Waals surface area (Å²) in [7, 11) is 5.60. The van der Waals surface area contributed by atoms with Gasteiger partial charge in [0.15, 0.2) is 0 Å². The van der Waals surface area contributed by atoms with Crippen molar-refractivity contribution in [3.05, 3.63) is 34.9 Å². The fourth-order valence-electron chi connectivity index (χ4n) is 3.89. The molecule has 6 heteroatoms. The van der Waals surface area contributed by atoms with E-state index in [-0.39, 0.29) is 0 Å². The van der Waals surface area contributed by atoms with Crippen molar-refractivity contribution in [3.8, 4) is 11.3 Å². The first-order valence-corrected chi connectivity index (χ1v) is 11.9. The van der Waals surface area contributed by atoms with Gasteiger partial charge < -0.3 is 15.0 Å². The molecule has 0 aromatic heterocycles. The molecule has 4 rings (SSSR count). The van der Waals surface area contributed by atoms with Crippen molar-refractivity contribution in [2.45, 2.75) is 37.1 Å². The maximum absolute atomic E-state index is 5.30. The summed E-state index contributed by atoms with van der Waals surface area (Å²) >= 11 is 0. The Kier molecular flexibility index (Phi) is 6.28. The average Bonchev–Trinajstić information content (AvgIpc) is 2.82. The van der Waals surface area contributed by atoms with E-state index >= 15 is 0 Å². The standard InChI is InChI=1S/C21H27N3OS2/c1-3-6-16-13-18-20(24-11-10-22-15(14-24)8-12-25-2)19-17(21(18)27-26-16)7-4-5-9-23-19/h4-5,7,9,13,15,22H,3,6,8,10-12,14H2,1-2H3/t15-/m0/s1. The van der Waals surface area contributed by atoms with Crippen molar-refractivity contribution in [1.29, 1.82) is 0 Å². The zero-order valence-electron chi connectivity index (χ0n) is 16.0. The third-order valence-corrected chi connectivity index (χ3v) is 7.78. The molecule has 1 fully saturated rings. The summed E-state index contributed by atoms with van der Waals surface area (Å²) in [6.07, 6.45) is 7.72. The number of piperazine rings is 1. The van der Waals surface area contributed by atoms with Gasteiger partial charge in [0.2, 0.25) is 0 Å². The number of rotatable bonds is 6. The van der Waals surface area contributed by atoms with Crippen LogP contribution in [0.3, 0.4) is 0 Å². The van der Waals surface area contributed by atoms with Crippen molar-refractivity contribution in [1.82, 2.24) is 10.3 Å².